The van der Waals surface area contributed by atoms with Crippen molar-refractivity contribution >= 4 is 40.9 Å². The van der Waals surface area contributed by atoms with Crippen molar-refractivity contribution in [1.29, 1.82) is 0 Å². The van der Waals surface area contributed by atoms with E-state index in [1.165, 1.54) is 17.5 Å². The lowest BCUT2D eigenvalue weighted by Gasteiger charge is -2.39. The van der Waals surface area contributed by atoms with Gasteiger partial charge in [-0.25, -0.2) is 9.79 Å². The molecule has 4 heterocycles. The number of fused-ring (bicyclic) bond motifs is 1. The Balaban J connectivity index is 1.44. The zero-order chi connectivity index (χ0) is 25.2. The number of nitrogens with zero attached hydrogens (tertiary/aromatic N) is 4. The summed E-state index contributed by atoms with van der Waals surface area (Å²) in [7, 11) is 0. The summed E-state index contributed by atoms with van der Waals surface area (Å²) in [5.74, 6) is 0.406. The number of nitrogens with two attached hydrogens (primary N) is 1. The lowest BCUT2D eigenvalue weighted by Crippen LogP contribution is -2.52. The molecule has 11 heteroatoms. The van der Waals surface area contributed by atoms with Crippen LogP contribution in [0, 0.1) is 5.92 Å². The van der Waals surface area contributed by atoms with Crippen LogP contribution in [0.25, 0.3) is 6.08 Å². The van der Waals surface area contributed by atoms with Gasteiger partial charge in [-0.1, -0.05) is 6.92 Å². The molecule has 2 aliphatic heterocycles. The van der Waals surface area contributed by atoms with E-state index in [0.29, 0.717) is 43.4 Å². The molecule has 2 aromatic rings. The van der Waals surface area contributed by atoms with Crippen LogP contribution in [-0.2, 0) is 16.0 Å². The lowest BCUT2D eigenvalue weighted by atomic mass is 9.96. The van der Waals surface area contributed by atoms with E-state index >= 15 is 0 Å². The number of thiophene rings is 1. The Morgan fingerprint density at radius 3 is 2.77 bits per heavy atom. The number of carbonyl (C=O) groups excluding carboxylic acids is 2. The van der Waals surface area contributed by atoms with Gasteiger partial charge in [-0.15, -0.1) is 11.3 Å². The van der Waals surface area contributed by atoms with Crippen molar-refractivity contribution in [2.75, 3.05) is 19.6 Å². The molecule has 0 radical (unpaired) electrons. The predicted octanol–water partition coefficient (Wildman–Crippen LogP) is 4.15. The highest BCUT2D eigenvalue weighted by molar-refractivity contribution is 7.13. The van der Waals surface area contributed by atoms with Crippen LogP contribution in [0.3, 0.4) is 0 Å². The first-order valence-corrected chi connectivity index (χ1v) is 12.5. The molecule has 2 aliphatic rings. The van der Waals surface area contributed by atoms with Crippen LogP contribution in [0.5, 0.6) is 6.08 Å². The van der Waals surface area contributed by atoms with Crippen molar-refractivity contribution in [1.82, 2.24) is 14.9 Å². The van der Waals surface area contributed by atoms with Gasteiger partial charge in [0.15, 0.2) is 0 Å². The van der Waals surface area contributed by atoms with Gasteiger partial charge in [0.25, 0.3) is 5.91 Å². The van der Waals surface area contributed by atoms with E-state index < -0.39 is 5.60 Å². The quantitative estimate of drug-likeness (QED) is 0.565. The molecule has 0 saturated carbocycles. The van der Waals surface area contributed by atoms with Crippen LogP contribution in [-0.4, -0.2) is 58.0 Å². The summed E-state index contributed by atoms with van der Waals surface area (Å²) in [4.78, 5) is 43.2. The Bertz CT molecular complexity index is 1130. The van der Waals surface area contributed by atoms with Crippen LogP contribution < -0.4 is 10.6 Å². The third-order valence-electron chi connectivity index (χ3n) is 5.36. The second-order valence-corrected chi connectivity index (χ2v) is 10.8. The Labute approximate surface area is 208 Å². The van der Waals surface area contributed by atoms with Gasteiger partial charge in [0, 0.05) is 30.0 Å². The molecule has 2 N–H and O–H groups in total. The average molecular weight is 502 g/mol. The number of carbonyl (C=O) groups is 2. The maximum Gasteiger partial charge on any atom is 0.418 e. The minimum absolute atomic E-state index is 0.00249. The number of likely N-dealkylation sites (tertiary alicyclic amines) is 1. The maximum atomic E-state index is 13.3. The van der Waals surface area contributed by atoms with E-state index in [1.807, 2.05) is 39.8 Å². The summed E-state index contributed by atoms with van der Waals surface area (Å²) in [6.07, 6.45) is 6.13. The number of hydroxylamine groups is 2. The minimum atomic E-state index is -0.501. The molecule has 1 saturated heterocycles. The van der Waals surface area contributed by atoms with Crippen molar-refractivity contribution < 1.29 is 23.6 Å². The van der Waals surface area contributed by atoms with Crippen LogP contribution in [0.4, 0.5) is 10.5 Å². The molecule has 0 unspecified atom stereocenters. The summed E-state index contributed by atoms with van der Waals surface area (Å²) in [6.45, 7) is 9.22. The van der Waals surface area contributed by atoms with Gasteiger partial charge in [-0.05, 0) is 51.7 Å². The molecule has 0 aliphatic carbocycles. The number of amides is 2. The third kappa shape index (κ3) is 6.21. The van der Waals surface area contributed by atoms with Crippen molar-refractivity contribution in [3.05, 3.63) is 33.9 Å². The zero-order valence-electron chi connectivity index (χ0n) is 20.4. The molecule has 2 aromatic heterocycles. The fourth-order valence-corrected chi connectivity index (χ4v) is 5.02. The van der Waals surface area contributed by atoms with Crippen LogP contribution >= 0.6 is 11.3 Å². The Hall–Kier alpha value is -3.34. The molecule has 0 spiro atoms. The Morgan fingerprint density at radius 1 is 1.34 bits per heavy atom. The molecular weight excluding hydrogens is 470 g/mol. The number of hydrogen-bond donors (Lipinski definition) is 1. The van der Waals surface area contributed by atoms with E-state index in [9.17, 15) is 9.59 Å². The average Bonchev–Trinajstić information content (AvgIpc) is 3.34. The third-order valence-corrected chi connectivity index (χ3v) is 6.45. The fraction of sp³-hybridized carbons (Fsp3) is 0.500. The summed E-state index contributed by atoms with van der Waals surface area (Å²) in [6, 6.07) is 2.01. The largest absolute Gasteiger partial charge is 0.444 e. The number of oxazole rings is 1. The highest BCUT2D eigenvalue weighted by Gasteiger charge is 2.34. The van der Waals surface area contributed by atoms with Gasteiger partial charge in [0.1, 0.15) is 17.7 Å². The van der Waals surface area contributed by atoms with Crippen molar-refractivity contribution in [3.63, 3.8) is 0 Å². The van der Waals surface area contributed by atoms with Crippen molar-refractivity contribution in [3.8, 4) is 6.08 Å². The monoisotopic (exact) mass is 501 g/mol. The number of aromatic nitrogens is 1. The second kappa shape index (κ2) is 10.1. The first kappa shape index (κ1) is 24.8. The number of rotatable bonds is 7. The van der Waals surface area contributed by atoms with E-state index in [0.717, 1.165) is 21.9 Å². The van der Waals surface area contributed by atoms with Crippen molar-refractivity contribution in [2.24, 2.45) is 16.6 Å². The maximum absolute atomic E-state index is 13.3. The number of ether oxygens (including phenoxy) is 1. The summed E-state index contributed by atoms with van der Waals surface area (Å²) in [5, 5.41) is 1.24. The normalized spacial score (nSPS) is 15.9. The lowest BCUT2D eigenvalue weighted by molar-refractivity contribution is -0.156. The van der Waals surface area contributed by atoms with Gasteiger partial charge >= 0.3 is 12.2 Å². The SMILES string of the molecule is CCCN(Oc1ncco1)C(=O)C1=Cc2sc(CC3CN(C(=O)OC(C)(C)C)C3)cc2N=C(N)C1. The zero-order valence-corrected chi connectivity index (χ0v) is 21.3. The topological polar surface area (TPSA) is 123 Å². The molecule has 188 valence electrons. The highest BCUT2D eigenvalue weighted by atomic mass is 32.1. The Kier molecular flexibility index (Phi) is 7.15. The Morgan fingerprint density at radius 2 is 2.11 bits per heavy atom. The summed E-state index contributed by atoms with van der Waals surface area (Å²) < 4.78 is 10.6. The van der Waals surface area contributed by atoms with E-state index in [2.05, 4.69) is 9.98 Å². The van der Waals surface area contributed by atoms with Gasteiger partial charge < -0.3 is 24.6 Å². The predicted molar refractivity (Wildman–Crippen MR) is 132 cm³/mol. The summed E-state index contributed by atoms with van der Waals surface area (Å²) >= 11 is 1.58. The highest BCUT2D eigenvalue weighted by Crippen LogP contribution is 2.37. The molecule has 1 fully saturated rings. The standard InChI is InChI=1S/C24H31N5O5S/c1-5-7-29(34-22-26-6-8-32-22)21(30)16-10-19-18(27-20(25)11-16)12-17(35-19)9-15-13-28(14-15)23(31)33-24(2,3)4/h6,8,10,12,15H,5,7,9,11,13-14H2,1-4H3,(H2,25,27). The first-order valence-electron chi connectivity index (χ1n) is 11.6. The number of aliphatic imine (C=N–C) groups is 1. The second-order valence-electron chi connectivity index (χ2n) is 9.66. The molecule has 0 bridgehead atoms. The smallest absolute Gasteiger partial charge is 0.418 e. The molecule has 2 amide bonds. The van der Waals surface area contributed by atoms with Crippen LogP contribution in [0.1, 0.15) is 50.3 Å². The van der Waals surface area contributed by atoms with E-state index in [-0.39, 0.29) is 24.5 Å². The molecule has 35 heavy (non-hydrogen) atoms. The van der Waals surface area contributed by atoms with Crippen LogP contribution in [0.2, 0.25) is 0 Å². The van der Waals surface area contributed by atoms with Gasteiger partial charge in [0.2, 0.25) is 0 Å². The van der Waals surface area contributed by atoms with Crippen LogP contribution in [0.15, 0.2) is 33.5 Å². The van der Waals surface area contributed by atoms with E-state index in [1.54, 1.807) is 16.2 Å². The molecule has 10 nitrogen and oxygen atoms in total. The first-order chi connectivity index (χ1) is 16.6. The number of hydrogen-bond acceptors (Lipinski definition) is 9. The van der Waals surface area contributed by atoms with Gasteiger partial charge in [-0.2, -0.15) is 10.0 Å². The molecule has 4 rings (SSSR count). The fourth-order valence-electron chi connectivity index (χ4n) is 3.83. The summed E-state index contributed by atoms with van der Waals surface area (Å²) in [5.41, 5.74) is 6.89. The van der Waals surface area contributed by atoms with Crippen molar-refractivity contribution in [2.45, 2.75) is 52.6 Å². The minimum Gasteiger partial charge on any atom is -0.444 e. The molecule has 0 atom stereocenters. The molecule has 0 aromatic carbocycles. The van der Waals surface area contributed by atoms with E-state index in [4.69, 9.17) is 19.7 Å². The van der Waals surface area contributed by atoms with Gasteiger partial charge in [-0.3, -0.25) is 4.79 Å². The number of amidine groups is 1. The molecular formula is C24H31N5O5S. The van der Waals surface area contributed by atoms with Gasteiger partial charge in [0.05, 0.1) is 23.3 Å².